The second kappa shape index (κ2) is 9.88. The van der Waals surface area contributed by atoms with Crippen LogP contribution in [0.25, 0.3) is 0 Å². The van der Waals surface area contributed by atoms with Crippen molar-refractivity contribution in [1.29, 1.82) is 0 Å². The van der Waals surface area contributed by atoms with Crippen LogP contribution in [-0.2, 0) is 0 Å². The Balaban J connectivity index is 0.000000334. The first-order valence-corrected chi connectivity index (χ1v) is 10.7. The van der Waals surface area contributed by atoms with Crippen molar-refractivity contribution in [2.45, 2.75) is 6.92 Å². The number of nitrogens with zero attached hydrogens (tertiary/aromatic N) is 1. The van der Waals surface area contributed by atoms with Crippen LogP contribution in [0.2, 0.25) is 0 Å². The third-order valence-corrected chi connectivity index (χ3v) is 5.90. The fourth-order valence-electron chi connectivity index (χ4n) is 4.51. The van der Waals surface area contributed by atoms with Crippen molar-refractivity contribution in [2.24, 2.45) is 4.99 Å². The van der Waals surface area contributed by atoms with E-state index in [2.05, 4.69) is 126 Å². The predicted octanol–water partition coefficient (Wildman–Crippen LogP) is 2.52. The smallest absolute Gasteiger partial charge is 0.201 e. The molecule has 0 spiro atoms. The molecule has 0 unspecified atom stereocenters. The summed E-state index contributed by atoms with van der Waals surface area (Å²) in [5, 5.41) is 1.97. The number of hydrogen-bond donors (Lipinski definition) is 1. The SMILES string of the molecule is CC1=NC=C[NH2+]1.c1ccc([B-](c2ccccc2)(c2ccccc2)c2ccccc2)cc1. The molecule has 1 aliphatic rings. The summed E-state index contributed by atoms with van der Waals surface area (Å²) in [6.45, 7) is 1.97. The molecule has 0 radical (unpaired) electrons. The van der Waals surface area contributed by atoms with E-state index < -0.39 is 6.15 Å². The minimum absolute atomic E-state index is 1.09. The first-order valence-electron chi connectivity index (χ1n) is 10.7. The second-order valence-corrected chi connectivity index (χ2v) is 7.79. The number of benzene rings is 4. The maximum atomic E-state index is 3.92. The lowest BCUT2D eigenvalue weighted by molar-refractivity contribution is -0.458. The van der Waals surface area contributed by atoms with Gasteiger partial charge < -0.3 is 0 Å². The van der Waals surface area contributed by atoms with Crippen molar-refractivity contribution >= 4 is 33.8 Å². The largest absolute Gasteiger partial charge is 0.274 e. The lowest BCUT2D eigenvalue weighted by Gasteiger charge is -2.44. The average molecular weight is 402 g/mol. The van der Waals surface area contributed by atoms with Crippen molar-refractivity contribution in [3.8, 4) is 0 Å². The van der Waals surface area contributed by atoms with Gasteiger partial charge in [-0.2, -0.15) is 21.9 Å². The maximum Gasteiger partial charge on any atom is 0.201 e. The van der Waals surface area contributed by atoms with E-state index in [0.29, 0.717) is 0 Å². The van der Waals surface area contributed by atoms with Crippen molar-refractivity contribution in [3.63, 3.8) is 0 Å². The summed E-state index contributed by atoms with van der Waals surface area (Å²) in [6.07, 6.45) is 2.50. The van der Waals surface area contributed by atoms with Gasteiger partial charge in [-0.25, -0.2) is 4.99 Å². The zero-order valence-electron chi connectivity index (χ0n) is 17.8. The minimum atomic E-state index is -1.22. The molecule has 0 aromatic heterocycles. The third-order valence-electron chi connectivity index (χ3n) is 5.90. The zero-order valence-corrected chi connectivity index (χ0v) is 17.8. The van der Waals surface area contributed by atoms with Crippen LogP contribution in [0.5, 0.6) is 0 Å². The molecule has 2 N–H and O–H groups in total. The van der Waals surface area contributed by atoms with Crippen molar-refractivity contribution in [2.75, 3.05) is 0 Å². The van der Waals surface area contributed by atoms with Crippen LogP contribution in [0.1, 0.15) is 6.92 Å². The summed E-state index contributed by atoms with van der Waals surface area (Å²) < 4.78 is 0. The molecule has 0 amide bonds. The van der Waals surface area contributed by atoms with Crippen LogP contribution < -0.4 is 27.2 Å². The van der Waals surface area contributed by atoms with Gasteiger partial charge in [-0.1, -0.05) is 121 Å². The maximum absolute atomic E-state index is 3.92. The molecule has 0 atom stereocenters. The Labute approximate surface area is 184 Å². The van der Waals surface area contributed by atoms with Crippen LogP contribution in [0.15, 0.2) is 139 Å². The van der Waals surface area contributed by atoms with Gasteiger partial charge in [0.2, 0.25) is 5.84 Å². The van der Waals surface area contributed by atoms with Crippen molar-refractivity contribution in [3.05, 3.63) is 134 Å². The van der Waals surface area contributed by atoms with E-state index >= 15 is 0 Å². The minimum Gasteiger partial charge on any atom is -0.274 e. The van der Waals surface area contributed by atoms with E-state index in [-0.39, 0.29) is 0 Å². The standard InChI is InChI=1S/C24H20B.C4H6N2/c1-5-13-21(14-6-1)25(22-15-7-2-8-16-22,23-17-9-3-10-18-23)24-19-11-4-12-20-24;1-4-5-2-3-6-4/h1-20H;2-3H,1H3,(H,5,6)/q-1;/p+1. The fourth-order valence-corrected chi connectivity index (χ4v) is 4.51. The molecule has 0 saturated carbocycles. The first-order chi connectivity index (χ1) is 15.3. The molecule has 0 fully saturated rings. The Kier molecular flexibility index (Phi) is 6.56. The first kappa shape index (κ1) is 20.6. The molecular weight excluding hydrogens is 375 g/mol. The fraction of sp³-hybridized carbons (Fsp3) is 0.0357. The van der Waals surface area contributed by atoms with E-state index in [0.717, 1.165) is 5.84 Å². The summed E-state index contributed by atoms with van der Waals surface area (Å²) in [7, 11) is 0. The molecule has 0 saturated heterocycles. The molecular formula is C28H27BN2. The Morgan fingerprint density at radius 3 is 1.03 bits per heavy atom. The number of nitrogens with two attached hydrogens (primary N) is 1. The highest BCUT2D eigenvalue weighted by Crippen LogP contribution is 2.09. The highest BCUT2D eigenvalue weighted by molar-refractivity contribution is 7.19. The molecule has 31 heavy (non-hydrogen) atoms. The quantitative estimate of drug-likeness (QED) is 0.509. The van der Waals surface area contributed by atoms with E-state index in [4.69, 9.17) is 0 Å². The molecule has 4 aromatic rings. The third kappa shape index (κ3) is 4.42. The van der Waals surface area contributed by atoms with Crippen LogP contribution in [0, 0.1) is 0 Å². The summed E-state index contributed by atoms with van der Waals surface area (Å²) in [5.41, 5.74) is 5.36. The van der Waals surface area contributed by atoms with Gasteiger partial charge >= 0.3 is 0 Å². The topological polar surface area (TPSA) is 29.0 Å². The van der Waals surface area contributed by atoms with Gasteiger partial charge in [-0.05, 0) is 0 Å². The summed E-state index contributed by atoms with van der Waals surface area (Å²) in [4.78, 5) is 3.92. The number of hydrogen-bond acceptors (Lipinski definition) is 1. The normalized spacial score (nSPS) is 12.6. The Hall–Kier alpha value is -3.69. The van der Waals surface area contributed by atoms with Gasteiger partial charge in [0, 0.05) is 6.92 Å². The predicted molar refractivity (Wildman–Crippen MR) is 134 cm³/mol. The molecule has 1 heterocycles. The highest BCUT2D eigenvalue weighted by atomic mass is 15.0. The molecule has 2 nitrogen and oxygen atoms in total. The number of amidine groups is 1. The molecule has 1 aliphatic heterocycles. The average Bonchev–Trinajstić information content (AvgIpc) is 3.34. The monoisotopic (exact) mass is 402 g/mol. The van der Waals surface area contributed by atoms with Gasteiger partial charge in [-0.15, -0.1) is 0 Å². The van der Waals surface area contributed by atoms with Gasteiger partial charge in [0.05, 0.1) is 6.20 Å². The van der Waals surface area contributed by atoms with Crippen LogP contribution in [0.3, 0.4) is 0 Å². The second-order valence-electron chi connectivity index (χ2n) is 7.79. The van der Waals surface area contributed by atoms with Gasteiger partial charge in [0.1, 0.15) is 12.3 Å². The van der Waals surface area contributed by atoms with E-state index in [1.54, 1.807) is 6.20 Å². The Morgan fingerprint density at radius 2 is 0.839 bits per heavy atom. The summed E-state index contributed by atoms with van der Waals surface area (Å²) in [5.74, 6) is 1.09. The van der Waals surface area contributed by atoms with Crippen molar-refractivity contribution in [1.82, 2.24) is 0 Å². The van der Waals surface area contributed by atoms with Crippen LogP contribution in [-0.4, -0.2) is 12.0 Å². The van der Waals surface area contributed by atoms with Gasteiger partial charge in [-0.3, -0.25) is 5.32 Å². The molecule has 5 rings (SSSR count). The van der Waals surface area contributed by atoms with E-state index in [1.807, 2.05) is 18.4 Å². The molecule has 4 aromatic carbocycles. The molecule has 3 heteroatoms. The van der Waals surface area contributed by atoms with Gasteiger partial charge in [0.25, 0.3) is 0 Å². The van der Waals surface area contributed by atoms with Crippen LogP contribution >= 0.6 is 0 Å². The van der Waals surface area contributed by atoms with E-state index in [1.165, 1.54) is 21.9 Å². The molecule has 0 bridgehead atoms. The molecule has 152 valence electrons. The number of aliphatic imine (C=N–C) groups is 1. The number of rotatable bonds is 4. The van der Waals surface area contributed by atoms with Crippen molar-refractivity contribution < 1.29 is 5.32 Å². The Bertz CT molecular complexity index is 975. The lowest BCUT2D eigenvalue weighted by atomic mass is 9.13. The van der Waals surface area contributed by atoms with Crippen LogP contribution in [0.4, 0.5) is 0 Å². The lowest BCUT2D eigenvalue weighted by Crippen LogP contribution is -2.79. The highest BCUT2D eigenvalue weighted by Gasteiger charge is 2.30. The molecule has 0 aliphatic carbocycles. The Morgan fingerprint density at radius 1 is 0.516 bits per heavy atom. The number of quaternary nitrogens is 1. The zero-order chi connectivity index (χ0) is 21.4. The van der Waals surface area contributed by atoms with Gasteiger partial charge in [0.15, 0.2) is 0 Å². The summed E-state index contributed by atoms with van der Waals surface area (Å²) in [6, 6.07) is 43.5. The van der Waals surface area contributed by atoms with E-state index in [9.17, 15) is 0 Å². The summed E-state index contributed by atoms with van der Waals surface area (Å²) >= 11 is 0.